The van der Waals surface area contributed by atoms with E-state index in [9.17, 15) is 13.2 Å². The lowest BCUT2D eigenvalue weighted by Gasteiger charge is -2.14. The first kappa shape index (κ1) is 13.2. The Bertz CT molecular complexity index is 565. The summed E-state index contributed by atoms with van der Waals surface area (Å²) in [7, 11) is 0. The van der Waals surface area contributed by atoms with Gasteiger partial charge >= 0.3 is 6.18 Å². The fourth-order valence-corrected chi connectivity index (χ4v) is 2.42. The second kappa shape index (κ2) is 4.46. The first-order valence-corrected chi connectivity index (χ1v) is 6.12. The Morgan fingerprint density at radius 3 is 2.06 bits per heavy atom. The van der Waals surface area contributed by atoms with Gasteiger partial charge < -0.3 is 4.57 Å². The standard InChI is InChI=1S/C13H11BrF3N/c1-8-3-4-9(2)18(8)10-5-6-12(14)11(7-10)13(15,16)17/h3-7H,1-2H3. The van der Waals surface area contributed by atoms with E-state index in [1.807, 2.05) is 26.0 Å². The molecule has 0 saturated carbocycles. The summed E-state index contributed by atoms with van der Waals surface area (Å²) in [5, 5.41) is 0. The SMILES string of the molecule is Cc1ccc(C)n1-c1ccc(Br)c(C(F)(F)F)c1. The first-order valence-electron chi connectivity index (χ1n) is 5.33. The van der Waals surface area contributed by atoms with Crippen LogP contribution in [-0.2, 0) is 6.18 Å². The van der Waals surface area contributed by atoms with Gasteiger partial charge in [0.25, 0.3) is 0 Å². The van der Waals surface area contributed by atoms with Crippen LogP contribution in [0.15, 0.2) is 34.8 Å². The second-order valence-electron chi connectivity index (χ2n) is 4.11. The molecule has 0 spiro atoms. The first-order chi connectivity index (χ1) is 8.30. The summed E-state index contributed by atoms with van der Waals surface area (Å²) in [6.45, 7) is 3.73. The third-order valence-corrected chi connectivity index (χ3v) is 3.48. The summed E-state index contributed by atoms with van der Waals surface area (Å²) in [5.41, 5.74) is 1.67. The topological polar surface area (TPSA) is 4.93 Å². The number of hydrogen-bond donors (Lipinski definition) is 0. The van der Waals surface area contributed by atoms with Gasteiger partial charge in [-0.25, -0.2) is 0 Å². The van der Waals surface area contributed by atoms with E-state index in [2.05, 4.69) is 15.9 Å². The average molecular weight is 318 g/mol. The van der Waals surface area contributed by atoms with Crippen LogP contribution in [0.5, 0.6) is 0 Å². The molecule has 0 amide bonds. The van der Waals surface area contributed by atoms with E-state index >= 15 is 0 Å². The van der Waals surface area contributed by atoms with Crippen LogP contribution in [0.3, 0.4) is 0 Å². The van der Waals surface area contributed by atoms with Crippen molar-refractivity contribution in [1.82, 2.24) is 4.57 Å². The van der Waals surface area contributed by atoms with Gasteiger partial charge in [-0.3, -0.25) is 0 Å². The Morgan fingerprint density at radius 2 is 1.56 bits per heavy atom. The molecule has 1 nitrogen and oxygen atoms in total. The molecule has 0 N–H and O–H groups in total. The molecule has 1 heterocycles. The number of alkyl halides is 3. The van der Waals surface area contributed by atoms with Crippen molar-refractivity contribution >= 4 is 15.9 Å². The number of aryl methyl sites for hydroxylation is 2. The normalized spacial score (nSPS) is 11.9. The molecule has 18 heavy (non-hydrogen) atoms. The number of halogens is 4. The van der Waals surface area contributed by atoms with Crippen LogP contribution in [0, 0.1) is 13.8 Å². The largest absolute Gasteiger partial charge is 0.417 e. The molecule has 1 aromatic carbocycles. The lowest BCUT2D eigenvalue weighted by Crippen LogP contribution is -2.08. The van der Waals surface area contributed by atoms with E-state index < -0.39 is 11.7 Å². The molecule has 0 aliphatic heterocycles. The highest BCUT2D eigenvalue weighted by molar-refractivity contribution is 9.10. The van der Waals surface area contributed by atoms with Crippen molar-refractivity contribution in [1.29, 1.82) is 0 Å². The molecule has 0 radical (unpaired) electrons. The molecule has 1 aromatic heterocycles. The summed E-state index contributed by atoms with van der Waals surface area (Å²) in [6, 6.07) is 8.01. The molecule has 0 atom stereocenters. The van der Waals surface area contributed by atoms with Crippen molar-refractivity contribution in [3.63, 3.8) is 0 Å². The van der Waals surface area contributed by atoms with Gasteiger partial charge in [0.2, 0.25) is 0 Å². The van der Waals surface area contributed by atoms with E-state index in [1.165, 1.54) is 6.07 Å². The van der Waals surface area contributed by atoms with Crippen molar-refractivity contribution in [3.8, 4) is 5.69 Å². The zero-order chi connectivity index (χ0) is 13.5. The quantitative estimate of drug-likeness (QED) is 0.706. The Morgan fingerprint density at radius 1 is 1.00 bits per heavy atom. The molecule has 0 fully saturated rings. The average Bonchev–Trinajstić information content (AvgIpc) is 2.58. The Hall–Kier alpha value is -1.23. The van der Waals surface area contributed by atoms with Crippen molar-refractivity contribution in [3.05, 3.63) is 51.8 Å². The predicted octanol–water partition coefficient (Wildman–Crippen LogP) is 4.88. The van der Waals surface area contributed by atoms with Crippen LogP contribution in [0.1, 0.15) is 17.0 Å². The van der Waals surface area contributed by atoms with Crippen molar-refractivity contribution in [2.24, 2.45) is 0 Å². The molecule has 0 unspecified atom stereocenters. The molecular weight excluding hydrogens is 307 g/mol. The summed E-state index contributed by atoms with van der Waals surface area (Å²) >= 11 is 2.94. The smallest absolute Gasteiger partial charge is 0.319 e. The van der Waals surface area contributed by atoms with E-state index in [0.29, 0.717) is 5.69 Å². The maximum atomic E-state index is 12.8. The second-order valence-corrected chi connectivity index (χ2v) is 4.97. The number of nitrogens with zero attached hydrogens (tertiary/aromatic N) is 1. The van der Waals surface area contributed by atoms with Crippen molar-refractivity contribution < 1.29 is 13.2 Å². The van der Waals surface area contributed by atoms with Crippen LogP contribution in [-0.4, -0.2) is 4.57 Å². The van der Waals surface area contributed by atoms with Gasteiger partial charge in [-0.05, 0) is 44.2 Å². The Labute approximate surface area is 111 Å². The van der Waals surface area contributed by atoms with E-state index in [1.54, 1.807) is 10.6 Å². The molecular formula is C13H11BrF3N. The molecule has 0 aliphatic carbocycles. The summed E-state index contributed by atoms with van der Waals surface area (Å²) < 4.78 is 40.3. The molecule has 2 aromatic rings. The van der Waals surface area contributed by atoms with Crippen LogP contribution in [0.2, 0.25) is 0 Å². The fraction of sp³-hybridized carbons (Fsp3) is 0.231. The molecule has 0 aliphatic rings. The lowest BCUT2D eigenvalue weighted by atomic mass is 10.2. The van der Waals surface area contributed by atoms with Gasteiger partial charge in [-0.15, -0.1) is 0 Å². The number of hydrogen-bond acceptors (Lipinski definition) is 0. The minimum atomic E-state index is -4.36. The molecule has 2 rings (SSSR count). The van der Waals surface area contributed by atoms with Crippen LogP contribution < -0.4 is 0 Å². The Kier molecular flexibility index (Phi) is 3.27. The molecule has 0 saturated heterocycles. The van der Waals surface area contributed by atoms with Gasteiger partial charge in [0, 0.05) is 21.5 Å². The zero-order valence-electron chi connectivity index (χ0n) is 9.85. The zero-order valence-corrected chi connectivity index (χ0v) is 11.4. The minimum Gasteiger partial charge on any atom is -0.319 e. The van der Waals surface area contributed by atoms with E-state index in [4.69, 9.17) is 0 Å². The summed E-state index contributed by atoms with van der Waals surface area (Å²) in [4.78, 5) is 0. The third-order valence-electron chi connectivity index (χ3n) is 2.78. The van der Waals surface area contributed by atoms with E-state index in [-0.39, 0.29) is 4.47 Å². The highest BCUT2D eigenvalue weighted by Gasteiger charge is 2.33. The summed E-state index contributed by atoms with van der Waals surface area (Å²) in [5.74, 6) is 0. The summed E-state index contributed by atoms with van der Waals surface area (Å²) in [6.07, 6.45) is -4.36. The van der Waals surface area contributed by atoms with Crippen LogP contribution in [0.25, 0.3) is 5.69 Å². The minimum absolute atomic E-state index is 0.0567. The highest BCUT2D eigenvalue weighted by Crippen LogP contribution is 2.36. The van der Waals surface area contributed by atoms with Gasteiger partial charge in [-0.2, -0.15) is 13.2 Å². The van der Waals surface area contributed by atoms with Gasteiger partial charge in [0.1, 0.15) is 0 Å². The lowest BCUT2D eigenvalue weighted by molar-refractivity contribution is -0.138. The monoisotopic (exact) mass is 317 g/mol. The maximum absolute atomic E-state index is 12.8. The number of rotatable bonds is 1. The van der Waals surface area contributed by atoms with Crippen molar-refractivity contribution in [2.75, 3.05) is 0 Å². The predicted molar refractivity (Wildman–Crippen MR) is 67.9 cm³/mol. The number of aromatic nitrogens is 1. The third kappa shape index (κ3) is 2.32. The molecule has 96 valence electrons. The van der Waals surface area contributed by atoms with E-state index in [0.717, 1.165) is 17.5 Å². The maximum Gasteiger partial charge on any atom is 0.417 e. The molecule has 5 heteroatoms. The van der Waals surface area contributed by atoms with Gasteiger partial charge in [0.05, 0.1) is 5.56 Å². The number of benzene rings is 1. The van der Waals surface area contributed by atoms with Crippen LogP contribution in [0.4, 0.5) is 13.2 Å². The van der Waals surface area contributed by atoms with Gasteiger partial charge in [0.15, 0.2) is 0 Å². The fourth-order valence-electron chi connectivity index (χ4n) is 1.95. The van der Waals surface area contributed by atoms with Crippen molar-refractivity contribution in [2.45, 2.75) is 20.0 Å². The highest BCUT2D eigenvalue weighted by atomic mass is 79.9. The Balaban J connectivity index is 2.62. The molecule has 0 bridgehead atoms. The van der Waals surface area contributed by atoms with Gasteiger partial charge in [-0.1, -0.05) is 15.9 Å². The van der Waals surface area contributed by atoms with Crippen LogP contribution >= 0.6 is 15.9 Å².